The van der Waals surface area contributed by atoms with Gasteiger partial charge in [0.1, 0.15) is 18.2 Å². The van der Waals surface area contributed by atoms with Gasteiger partial charge in [-0.15, -0.1) is 0 Å². The fraction of sp³-hybridized carbons (Fsp3) is 0.713. The van der Waals surface area contributed by atoms with E-state index in [1.165, 1.54) is 9.80 Å². The summed E-state index contributed by atoms with van der Waals surface area (Å²) in [6.45, 7) is 22.4. The zero-order valence-corrected chi connectivity index (χ0v) is 61.9. The molecular weight excluding hydrogens is 1240 g/mol. The number of hydrogen-bond donors (Lipinski definition) is 3. The van der Waals surface area contributed by atoms with Gasteiger partial charge in [-0.25, -0.2) is 0 Å². The van der Waals surface area contributed by atoms with Crippen LogP contribution in [0.3, 0.4) is 0 Å². The van der Waals surface area contributed by atoms with Gasteiger partial charge in [0.25, 0.3) is 0 Å². The normalized spacial score (nSPS) is 28.4. The van der Waals surface area contributed by atoms with Crippen molar-refractivity contribution in [2.45, 2.75) is 254 Å². The predicted molar refractivity (Wildman–Crippen MR) is 379 cm³/mol. The highest BCUT2D eigenvalue weighted by Gasteiger charge is 2.70. The monoisotopic (exact) mass is 1360 g/mol. The zero-order valence-electron chi connectivity index (χ0n) is 61.9. The molecule has 4 saturated heterocycles. The van der Waals surface area contributed by atoms with Gasteiger partial charge < -0.3 is 35.3 Å². The van der Waals surface area contributed by atoms with Crippen LogP contribution >= 0.6 is 0 Å². The minimum absolute atomic E-state index is 0.0159. The molecule has 6 amide bonds. The minimum atomic E-state index is -1.39. The largest absolute Gasteiger partial charge is 0.385 e. The number of benzene rings is 2. The summed E-state index contributed by atoms with van der Waals surface area (Å²) >= 11 is 0. The van der Waals surface area contributed by atoms with Gasteiger partial charge in [0.15, 0.2) is 23.1 Å². The van der Waals surface area contributed by atoms with Crippen molar-refractivity contribution in [1.29, 1.82) is 0 Å². The number of aliphatic hydroxyl groups excluding tert-OH is 1. The fourth-order valence-electron chi connectivity index (χ4n) is 16.6. The second-order valence-electron chi connectivity index (χ2n) is 33.0. The van der Waals surface area contributed by atoms with Gasteiger partial charge in [-0.2, -0.15) is 0 Å². The molecule has 2 aromatic carbocycles. The zero-order chi connectivity index (χ0) is 72.2. The molecule has 18 nitrogen and oxygen atoms in total. The van der Waals surface area contributed by atoms with E-state index in [1.54, 1.807) is 81.6 Å². The second kappa shape index (κ2) is 34.3. The summed E-state index contributed by atoms with van der Waals surface area (Å²) in [4.78, 5) is 155. The Bertz CT molecular complexity index is 3140. The highest BCUT2D eigenvalue weighted by Crippen LogP contribution is 2.66. The number of hydrogen-bond acceptors (Lipinski definition) is 12. The smallest absolute Gasteiger partial charge is 0.249 e. The van der Waals surface area contributed by atoms with Crippen LogP contribution in [0.15, 0.2) is 60.7 Å². The number of ketones is 5. The maximum Gasteiger partial charge on any atom is 0.249 e. The maximum atomic E-state index is 14.2. The first-order chi connectivity index (χ1) is 46.1. The Labute approximate surface area is 585 Å². The van der Waals surface area contributed by atoms with E-state index in [1.807, 2.05) is 30.9 Å². The predicted octanol–water partition coefficient (Wildman–Crippen LogP) is 12.0. The van der Waals surface area contributed by atoms with Crippen molar-refractivity contribution in [1.82, 2.24) is 30.2 Å². The van der Waals surface area contributed by atoms with E-state index in [9.17, 15) is 57.8 Å². The van der Waals surface area contributed by atoms with E-state index in [0.717, 1.165) is 103 Å². The average Bonchev–Trinajstić information content (AvgIpc) is 1.53. The van der Waals surface area contributed by atoms with Gasteiger partial charge in [0, 0.05) is 97.6 Å². The van der Waals surface area contributed by atoms with Crippen LogP contribution in [-0.4, -0.2) is 149 Å². The van der Waals surface area contributed by atoms with Crippen molar-refractivity contribution >= 4 is 64.4 Å². The number of piperidine rings is 2. The molecule has 3 N–H and O–H groups in total. The molecule has 6 aliphatic rings. The van der Waals surface area contributed by atoms with E-state index in [0.29, 0.717) is 37.1 Å². The number of nitrogens with zero attached hydrogens (tertiary/aromatic N) is 4. The first-order valence-corrected chi connectivity index (χ1v) is 37.2. The maximum absolute atomic E-state index is 14.2. The Morgan fingerprint density at radius 3 is 1.28 bits per heavy atom. The third kappa shape index (κ3) is 19.6. The number of likely N-dealkylation sites (N-methyl/N-ethyl adjacent to an activating group) is 2. The second-order valence-corrected chi connectivity index (χ2v) is 33.0. The molecule has 8 rings (SSSR count). The van der Waals surface area contributed by atoms with Crippen molar-refractivity contribution in [2.24, 2.45) is 69.0 Å². The Kier molecular flexibility index (Phi) is 27.6. The number of fused-ring (bicyclic) bond motifs is 6. The van der Waals surface area contributed by atoms with Crippen molar-refractivity contribution in [3.05, 3.63) is 71.8 Å². The molecule has 3 unspecified atom stereocenters. The van der Waals surface area contributed by atoms with Crippen molar-refractivity contribution in [3.8, 4) is 0 Å². The third-order valence-electron chi connectivity index (χ3n) is 24.3. The van der Waals surface area contributed by atoms with Crippen molar-refractivity contribution in [2.75, 3.05) is 41.3 Å². The van der Waals surface area contributed by atoms with Crippen LogP contribution in [0.5, 0.6) is 0 Å². The first-order valence-electron chi connectivity index (χ1n) is 37.2. The fourth-order valence-corrected chi connectivity index (χ4v) is 16.6. The summed E-state index contributed by atoms with van der Waals surface area (Å²) in [5.41, 5.74) is 0.800. The molecule has 0 spiro atoms. The summed E-state index contributed by atoms with van der Waals surface area (Å²) in [5, 5.41) is 16.9. The molecule has 542 valence electrons. The van der Waals surface area contributed by atoms with Gasteiger partial charge in [-0.1, -0.05) is 220 Å². The molecule has 0 aromatic heterocycles. The number of nitrogens with one attached hydrogen (secondary N) is 2. The average molecular weight is 1360 g/mol. The molecule has 0 radical (unpaired) electrons. The van der Waals surface area contributed by atoms with Crippen molar-refractivity contribution in [3.63, 3.8) is 0 Å². The Morgan fingerprint density at radius 2 is 0.867 bits per heavy atom. The van der Waals surface area contributed by atoms with Gasteiger partial charge >= 0.3 is 0 Å². The summed E-state index contributed by atoms with van der Waals surface area (Å²) in [5.74, 6) is -4.62. The van der Waals surface area contributed by atoms with Gasteiger partial charge in [0.05, 0.1) is 12.1 Å². The minimum Gasteiger partial charge on any atom is -0.385 e. The third-order valence-corrected chi connectivity index (χ3v) is 24.3. The van der Waals surface area contributed by atoms with E-state index in [2.05, 4.69) is 66.0 Å². The summed E-state index contributed by atoms with van der Waals surface area (Å²) in [7, 11) is 6.46. The SMILES string of the molecule is C[C@@H]1C(=O)N2CC3[C@@H]([C@H]2C(=O)C[C@H](C(=O)C(=O)CCC(=O)N[C@H](C(=O)N(C)C)c2ccccc2)CCCCCCCCCC1(C)C)C3(C)C.C[C@@H]1C(=O)N2CC3[C@@H]([C@H]2C(=O)C[C@H](C(O)C(=O)CCC(=O)N[C@H](C(=O)N(C)C)c2ccccc2)CCCCCCCCCC1(C)C)C3(C)C. The van der Waals surface area contributed by atoms with Crippen LogP contribution < -0.4 is 10.6 Å². The molecule has 18 heteroatoms. The summed E-state index contributed by atoms with van der Waals surface area (Å²) in [6, 6.07) is 14.9. The number of aliphatic hydroxyl groups is 1. The van der Waals surface area contributed by atoms with E-state index >= 15 is 0 Å². The molecule has 98 heavy (non-hydrogen) atoms. The van der Waals surface area contributed by atoms with Crippen LogP contribution in [0.2, 0.25) is 0 Å². The van der Waals surface area contributed by atoms with Crippen LogP contribution in [0.25, 0.3) is 0 Å². The van der Waals surface area contributed by atoms with E-state index in [-0.39, 0.29) is 131 Å². The highest BCUT2D eigenvalue weighted by molar-refractivity contribution is 6.38. The lowest BCUT2D eigenvalue weighted by Gasteiger charge is -2.38. The molecular formula is C80H120N6O12. The molecule has 6 fully saturated rings. The number of carbonyl (C=O) groups is 11. The van der Waals surface area contributed by atoms with Gasteiger partial charge in [-0.05, 0) is 88.1 Å². The molecule has 0 bridgehead atoms. The van der Waals surface area contributed by atoms with E-state index < -0.39 is 71.3 Å². The Morgan fingerprint density at radius 1 is 0.500 bits per heavy atom. The Hall–Kier alpha value is -6.43. The molecule has 2 aromatic rings. The molecule has 2 saturated carbocycles. The summed E-state index contributed by atoms with van der Waals surface area (Å²) < 4.78 is 0. The van der Waals surface area contributed by atoms with Crippen LogP contribution in [0.1, 0.15) is 247 Å². The summed E-state index contributed by atoms with van der Waals surface area (Å²) in [6.07, 6.45) is 14.9. The number of rotatable bonds is 16. The number of carbonyl (C=O) groups excluding carboxylic acids is 11. The van der Waals surface area contributed by atoms with Crippen LogP contribution in [0.4, 0.5) is 0 Å². The van der Waals surface area contributed by atoms with Crippen molar-refractivity contribution < 1.29 is 57.8 Å². The molecule has 4 heterocycles. The molecule has 13 atom stereocenters. The lowest BCUT2D eigenvalue weighted by molar-refractivity contribution is -0.146. The number of Topliss-reactive ketones (excluding diaryl/α,β-unsaturated/α-hetero) is 5. The van der Waals surface area contributed by atoms with Gasteiger partial charge in [0.2, 0.25) is 41.2 Å². The topological polar surface area (TPSA) is 245 Å². The standard InChI is InChI=1S/C40H61N3O6.C40H59N3O6/c2*1-26-37(48)43-25-29-33(40(29,4)5)35(43)31(45)24-28(20-14-11-9-8-10-12-17-23-39(26,2)3)36(47)30(44)21-22-32(46)41-34(38(49)42(6)7)27-18-15-13-16-19-27/h13,15-16,18-19,26,28-29,33-36,47H,8-12,14,17,20-25H2,1-7H3,(H,41,46);13,15-16,18-19,26,28-29,33-35H,8-12,14,17,20-25H2,1-7H3,(H,41,46)/t26-,28-,29?,33+,34+,35-,36?;26-,28-,29?,33+,34+,35-/m11/s1. The lowest BCUT2D eigenvalue weighted by Crippen LogP contribution is -2.50. The first kappa shape index (κ1) is 78.9. The lowest BCUT2D eigenvalue weighted by atomic mass is 9.75. The van der Waals surface area contributed by atoms with E-state index in [4.69, 9.17) is 0 Å². The molecule has 4 aliphatic heterocycles. The number of amides is 6. The highest BCUT2D eigenvalue weighted by atomic mass is 16.3. The van der Waals surface area contributed by atoms with Gasteiger partial charge in [-0.3, -0.25) is 52.7 Å². The van der Waals surface area contributed by atoms with Crippen LogP contribution in [0, 0.1) is 69.0 Å². The quantitative estimate of drug-likeness (QED) is 0.133. The van der Waals surface area contributed by atoms with Crippen LogP contribution in [-0.2, 0) is 52.7 Å². The molecule has 2 aliphatic carbocycles. The Balaban J connectivity index is 0.000000276.